The Labute approximate surface area is 163 Å². The van der Waals surface area contributed by atoms with E-state index in [9.17, 15) is 14.4 Å². The number of carbonyl (C=O) groups excluding carboxylic acids is 3. The first-order chi connectivity index (χ1) is 13.6. The Kier molecular flexibility index (Phi) is 6.62. The summed E-state index contributed by atoms with van der Waals surface area (Å²) in [6.07, 6.45) is 3.61. The molecule has 1 N–H and O–H groups in total. The fourth-order valence-electron chi connectivity index (χ4n) is 3.34. The number of amides is 3. The van der Waals surface area contributed by atoms with Crippen LogP contribution in [0.5, 0.6) is 0 Å². The molecule has 10 nitrogen and oxygen atoms in total. The maximum atomic E-state index is 12.7. The van der Waals surface area contributed by atoms with E-state index in [2.05, 4.69) is 15.3 Å². The first kappa shape index (κ1) is 19.8. The van der Waals surface area contributed by atoms with Crippen LogP contribution in [0.15, 0.2) is 12.3 Å². The highest BCUT2D eigenvalue weighted by Gasteiger charge is 2.25. The van der Waals surface area contributed by atoms with Crippen molar-refractivity contribution in [1.82, 2.24) is 24.7 Å². The number of likely N-dealkylation sites (tertiary alicyclic amines) is 1. The zero-order chi connectivity index (χ0) is 19.9. The summed E-state index contributed by atoms with van der Waals surface area (Å²) < 4.78 is 5.03. The van der Waals surface area contributed by atoms with Gasteiger partial charge in [0.2, 0.25) is 12.4 Å². The highest BCUT2D eigenvalue weighted by atomic mass is 16.6. The fourth-order valence-corrected chi connectivity index (χ4v) is 3.34. The van der Waals surface area contributed by atoms with Crippen molar-refractivity contribution >= 4 is 24.4 Å². The van der Waals surface area contributed by atoms with Gasteiger partial charge < -0.3 is 24.8 Å². The minimum Gasteiger partial charge on any atom is -0.450 e. The SMILES string of the molecule is CCOC(=O)N1CCC(Nc2nccc(C(=O)N3CCN(C=O)CC3)n2)CC1. The molecule has 1 aromatic rings. The van der Waals surface area contributed by atoms with Crippen molar-refractivity contribution in [2.75, 3.05) is 51.2 Å². The number of hydrogen-bond donors (Lipinski definition) is 1. The molecule has 0 bridgehead atoms. The van der Waals surface area contributed by atoms with E-state index < -0.39 is 0 Å². The summed E-state index contributed by atoms with van der Waals surface area (Å²) in [5.41, 5.74) is 0.334. The number of piperidine rings is 1. The molecule has 3 rings (SSSR count). The molecule has 0 aromatic carbocycles. The number of nitrogens with one attached hydrogen (secondary N) is 1. The molecule has 2 aliphatic heterocycles. The third-order valence-electron chi connectivity index (χ3n) is 4.98. The maximum Gasteiger partial charge on any atom is 0.409 e. The summed E-state index contributed by atoms with van der Waals surface area (Å²) in [4.78, 5) is 48.9. The van der Waals surface area contributed by atoms with E-state index >= 15 is 0 Å². The number of rotatable bonds is 5. The van der Waals surface area contributed by atoms with Gasteiger partial charge in [-0.1, -0.05) is 0 Å². The minimum absolute atomic E-state index is 0.132. The first-order valence-corrected chi connectivity index (χ1v) is 9.60. The number of ether oxygens (including phenoxy) is 1. The third-order valence-corrected chi connectivity index (χ3v) is 4.98. The van der Waals surface area contributed by atoms with Crippen LogP contribution in [0.1, 0.15) is 30.3 Å². The molecule has 3 amide bonds. The molecule has 0 atom stereocenters. The molecule has 0 aliphatic carbocycles. The first-order valence-electron chi connectivity index (χ1n) is 9.60. The van der Waals surface area contributed by atoms with Crippen LogP contribution in [0.25, 0.3) is 0 Å². The fraction of sp³-hybridized carbons (Fsp3) is 0.611. The van der Waals surface area contributed by atoms with Crippen molar-refractivity contribution in [2.24, 2.45) is 0 Å². The standard InChI is InChI=1S/C18H26N6O4/c1-2-28-18(27)24-7-4-14(5-8-24)20-17-19-6-3-15(21-17)16(26)23-11-9-22(13-25)10-12-23/h3,6,13-14H,2,4-5,7-12H2,1H3,(H,19,20,21). The van der Waals surface area contributed by atoms with Crippen molar-refractivity contribution in [3.05, 3.63) is 18.0 Å². The average Bonchev–Trinajstić information content (AvgIpc) is 2.74. The number of aromatic nitrogens is 2. The van der Waals surface area contributed by atoms with Gasteiger partial charge in [-0.2, -0.15) is 0 Å². The lowest BCUT2D eigenvalue weighted by Crippen LogP contribution is -2.48. The van der Waals surface area contributed by atoms with Crippen LogP contribution in [0.4, 0.5) is 10.7 Å². The van der Waals surface area contributed by atoms with E-state index in [0.29, 0.717) is 57.5 Å². The maximum absolute atomic E-state index is 12.7. The van der Waals surface area contributed by atoms with Crippen molar-refractivity contribution in [2.45, 2.75) is 25.8 Å². The van der Waals surface area contributed by atoms with Gasteiger partial charge in [0.1, 0.15) is 5.69 Å². The monoisotopic (exact) mass is 390 g/mol. The van der Waals surface area contributed by atoms with Gasteiger partial charge in [0.15, 0.2) is 0 Å². The van der Waals surface area contributed by atoms with Crippen LogP contribution >= 0.6 is 0 Å². The van der Waals surface area contributed by atoms with Crippen LogP contribution in [-0.2, 0) is 9.53 Å². The van der Waals surface area contributed by atoms with Gasteiger partial charge in [0, 0.05) is 51.5 Å². The molecule has 10 heteroatoms. The van der Waals surface area contributed by atoms with Gasteiger partial charge in [-0.15, -0.1) is 0 Å². The van der Waals surface area contributed by atoms with E-state index in [-0.39, 0.29) is 18.0 Å². The van der Waals surface area contributed by atoms with E-state index in [0.717, 1.165) is 19.3 Å². The van der Waals surface area contributed by atoms with Crippen molar-refractivity contribution in [1.29, 1.82) is 0 Å². The zero-order valence-corrected chi connectivity index (χ0v) is 16.0. The molecule has 1 aromatic heterocycles. The lowest BCUT2D eigenvalue weighted by atomic mass is 10.1. The molecule has 2 saturated heterocycles. The number of anilines is 1. The Morgan fingerprint density at radius 3 is 2.54 bits per heavy atom. The van der Waals surface area contributed by atoms with Gasteiger partial charge in [-0.3, -0.25) is 9.59 Å². The van der Waals surface area contributed by atoms with Crippen molar-refractivity contribution in [3.8, 4) is 0 Å². The van der Waals surface area contributed by atoms with Crippen LogP contribution < -0.4 is 5.32 Å². The van der Waals surface area contributed by atoms with Gasteiger partial charge >= 0.3 is 6.09 Å². The lowest BCUT2D eigenvalue weighted by molar-refractivity contribution is -0.119. The average molecular weight is 390 g/mol. The second kappa shape index (κ2) is 9.34. The molecule has 3 heterocycles. The van der Waals surface area contributed by atoms with E-state index in [4.69, 9.17) is 4.74 Å². The molecule has 0 radical (unpaired) electrons. The van der Waals surface area contributed by atoms with E-state index in [1.165, 1.54) is 0 Å². The van der Waals surface area contributed by atoms with Crippen molar-refractivity contribution < 1.29 is 19.1 Å². The number of hydrogen-bond acceptors (Lipinski definition) is 7. The molecule has 2 fully saturated rings. The number of nitrogens with zero attached hydrogens (tertiary/aromatic N) is 5. The van der Waals surface area contributed by atoms with Crippen molar-refractivity contribution in [3.63, 3.8) is 0 Å². The number of carbonyl (C=O) groups is 3. The lowest BCUT2D eigenvalue weighted by Gasteiger charge is -2.32. The predicted octanol–water partition coefficient (Wildman–Crippen LogP) is 0.424. The molecule has 28 heavy (non-hydrogen) atoms. The Morgan fingerprint density at radius 2 is 1.89 bits per heavy atom. The molecule has 0 spiro atoms. The predicted molar refractivity (Wildman–Crippen MR) is 101 cm³/mol. The molecule has 152 valence electrons. The molecular weight excluding hydrogens is 364 g/mol. The Balaban J connectivity index is 1.53. The normalized spacial score (nSPS) is 18.0. The van der Waals surface area contributed by atoms with Gasteiger partial charge in [0.25, 0.3) is 5.91 Å². The van der Waals surface area contributed by atoms with Crippen LogP contribution in [0.3, 0.4) is 0 Å². The summed E-state index contributed by atoms with van der Waals surface area (Å²) in [5.74, 6) is 0.250. The Hall–Kier alpha value is -2.91. The van der Waals surface area contributed by atoms with Gasteiger partial charge in [-0.25, -0.2) is 14.8 Å². The van der Waals surface area contributed by atoms with Crippen LogP contribution in [0.2, 0.25) is 0 Å². The summed E-state index contributed by atoms with van der Waals surface area (Å²) >= 11 is 0. The highest BCUT2D eigenvalue weighted by Crippen LogP contribution is 2.16. The summed E-state index contributed by atoms with van der Waals surface area (Å²) in [5, 5.41) is 3.26. The Bertz CT molecular complexity index is 699. The molecule has 2 aliphatic rings. The summed E-state index contributed by atoms with van der Waals surface area (Å²) in [6.45, 7) is 5.43. The van der Waals surface area contributed by atoms with Gasteiger partial charge in [0.05, 0.1) is 6.61 Å². The molecule has 0 saturated carbocycles. The smallest absolute Gasteiger partial charge is 0.409 e. The quantitative estimate of drug-likeness (QED) is 0.726. The molecular formula is C18H26N6O4. The van der Waals surface area contributed by atoms with E-state index in [1.807, 2.05) is 0 Å². The second-order valence-electron chi connectivity index (χ2n) is 6.80. The van der Waals surface area contributed by atoms with Crippen LogP contribution in [0, 0.1) is 0 Å². The minimum atomic E-state index is -0.278. The second-order valence-corrected chi connectivity index (χ2v) is 6.80. The number of piperazine rings is 1. The third kappa shape index (κ3) is 4.87. The highest BCUT2D eigenvalue weighted by molar-refractivity contribution is 5.92. The van der Waals surface area contributed by atoms with E-state index in [1.54, 1.807) is 33.9 Å². The Morgan fingerprint density at radius 1 is 1.18 bits per heavy atom. The van der Waals surface area contributed by atoms with Crippen LogP contribution in [-0.4, -0.2) is 95.0 Å². The van der Waals surface area contributed by atoms with Gasteiger partial charge in [-0.05, 0) is 25.8 Å². The topological polar surface area (TPSA) is 108 Å². The summed E-state index contributed by atoms with van der Waals surface area (Å²) in [6, 6.07) is 1.73. The summed E-state index contributed by atoms with van der Waals surface area (Å²) in [7, 11) is 0. The zero-order valence-electron chi connectivity index (χ0n) is 16.0. The largest absolute Gasteiger partial charge is 0.450 e. The molecule has 0 unspecified atom stereocenters.